The fraction of sp³-hybridized carbons (Fsp3) is 0.421. The first-order valence-electron chi connectivity index (χ1n) is 8.52. The third-order valence-corrected chi connectivity index (χ3v) is 6.78. The molecule has 0 radical (unpaired) electrons. The van der Waals surface area contributed by atoms with Gasteiger partial charge >= 0.3 is 0 Å². The maximum atomic E-state index is 12.7. The summed E-state index contributed by atoms with van der Waals surface area (Å²) in [6.45, 7) is 4.59. The molecule has 5 heteroatoms. The maximum absolute atomic E-state index is 12.7. The number of thiophene rings is 1. The van der Waals surface area contributed by atoms with E-state index in [1.54, 1.807) is 0 Å². The van der Waals surface area contributed by atoms with E-state index in [2.05, 4.69) is 17.1 Å². The van der Waals surface area contributed by atoms with Crippen molar-refractivity contribution in [2.45, 2.75) is 31.8 Å². The molecular formula is C19H21ClN2OS. The van der Waals surface area contributed by atoms with Crippen LogP contribution in [0.15, 0.2) is 36.4 Å². The number of amides is 1. The van der Waals surface area contributed by atoms with Gasteiger partial charge in [0.2, 0.25) is 0 Å². The Kier molecular flexibility index (Phi) is 4.37. The van der Waals surface area contributed by atoms with E-state index in [1.165, 1.54) is 37.3 Å². The molecule has 3 fully saturated rings. The first-order valence-corrected chi connectivity index (χ1v) is 9.72. The highest BCUT2D eigenvalue weighted by atomic mass is 35.5. The standard InChI is InChI=1S/C19H21ClN2OS/c1-12-18(13-7-9-22(12)10-8-13)21-19(23)17-6-5-16(24-17)14-3-2-4-15(20)11-14/h2-6,11-13,18H,7-10H2,1H3,(H,21,23). The molecule has 3 aliphatic rings. The summed E-state index contributed by atoms with van der Waals surface area (Å²) in [5, 5.41) is 4.01. The second-order valence-electron chi connectivity index (χ2n) is 6.79. The van der Waals surface area contributed by atoms with E-state index < -0.39 is 0 Å². The smallest absolute Gasteiger partial charge is 0.261 e. The highest BCUT2D eigenvalue weighted by Crippen LogP contribution is 2.33. The van der Waals surface area contributed by atoms with E-state index >= 15 is 0 Å². The van der Waals surface area contributed by atoms with Crippen molar-refractivity contribution in [1.82, 2.24) is 10.2 Å². The lowest BCUT2D eigenvalue weighted by Crippen LogP contribution is -2.62. The fourth-order valence-corrected chi connectivity index (χ4v) is 5.12. The first kappa shape index (κ1) is 16.1. The summed E-state index contributed by atoms with van der Waals surface area (Å²) in [5.74, 6) is 0.681. The highest BCUT2D eigenvalue weighted by Gasteiger charge is 2.40. The molecule has 3 aliphatic heterocycles. The fourth-order valence-electron chi connectivity index (χ4n) is 4.02. The third-order valence-electron chi connectivity index (χ3n) is 5.41. The van der Waals surface area contributed by atoms with E-state index in [4.69, 9.17) is 11.6 Å². The van der Waals surface area contributed by atoms with Gasteiger partial charge in [-0.2, -0.15) is 0 Å². The summed E-state index contributed by atoms with van der Waals surface area (Å²) < 4.78 is 0. The number of fused-ring (bicyclic) bond motifs is 3. The van der Waals surface area contributed by atoms with E-state index in [0.29, 0.717) is 17.0 Å². The van der Waals surface area contributed by atoms with Crippen LogP contribution >= 0.6 is 22.9 Å². The van der Waals surface area contributed by atoms with Crippen LogP contribution in [0.4, 0.5) is 0 Å². The second-order valence-corrected chi connectivity index (χ2v) is 8.31. The molecule has 1 aromatic carbocycles. The highest BCUT2D eigenvalue weighted by molar-refractivity contribution is 7.17. The van der Waals surface area contributed by atoms with Gasteiger partial charge in [0.1, 0.15) is 0 Å². The number of halogens is 1. The number of carbonyl (C=O) groups is 1. The molecule has 126 valence electrons. The molecule has 0 saturated carbocycles. The predicted molar refractivity (Wildman–Crippen MR) is 99.8 cm³/mol. The number of hydrogen-bond acceptors (Lipinski definition) is 3. The monoisotopic (exact) mass is 360 g/mol. The van der Waals surface area contributed by atoms with Crippen molar-refractivity contribution in [1.29, 1.82) is 0 Å². The number of hydrogen-bond donors (Lipinski definition) is 1. The number of piperidine rings is 3. The molecular weight excluding hydrogens is 340 g/mol. The van der Waals surface area contributed by atoms with Crippen LogP contribution in [0.1, 0.15) is 29.4 Å². The van der Waals surface area contributed by atoms with Crippen LogP contribution in [0.3, 0.4) is 0 Å². The average Bonchev–Trinajstić information content (AvgIpc) is 3.09. The van der Waals surface area contributed by atoms with E-state index in [9.17, 15) is 4.79 Å². The molecule has 0 spiro atoms. The SMILES string of the molecule is CC1C(NC(=O)c2ccc(-c3cccc(Cl)c3)s2)C2CCN1CC2. The number of nitrogens with one attached hydrogen (secondary N) is 1. The average molecular weight is 361 g/mol. The van der Waals surface area contributed by atoms with Crippen molar-refractivity contribution in [3.8, 4) is 10.4 Å². The molecule has 2 atom stereocenters. The summed E-state index contributed by atoms with van der Waals surface area (Å²) in [7, 11) is 0. The topological polar surface area (TPSA) is 32.3 Å². The number of rotatable bonds is 3. The van der Waals surface area contributed by atoms with E-state index in [-0.39, 0.29) is 11.9 Å². The number of carbonyl (C=O) groups excluding carboxylic acids is 1. The normalized spacial score (nSPS) is 28.8. The van der Waals surface area contributed by atoms with Crippen molar-refractivity contribution in [3.05, 3.63) is 46.3 Å². The molecule has 0 aliphatic carbocycles. The van der Waals surface area contributed by atoms with Gasteiger partial charge in [0.25, 0.3) is 5.91 Å². The zero-order chi connectivity index (χ0) is 16.7. The van der Waals surface area contributed by atoms with Crippen LogP contribution < -0.4 is 5.32 Å². The van der Waals surface area contributed by atoms with Crippen LogP contribution in [-0.4, -0.2) is 36.0 Å². The Morgan fingerprint density at radius 2 is 2.04 bits per heavy atom. The lowest BCUT2D eigenvalue weighted by molar-refractivity contribution is 0.0218. The molecule has 3 saturated heterocycles. The maximum Gasteiger partial charge on any atom is 0.261 e. The van der Waals surface area contributed by atoms with Gasteiger partial charge in [0, 0.05) is 22.0 Å². The van der Waals surface area contributed by atoms with Crippen molar-refractivity contribution < 1.29 is 4.79 Å². The van der Waals surface area contributed by atoms with Crippen LogP contribution in [0.5, 0.6) is 0 Å². The van der Waals surface area contributed by atoms with Gasteiger partial charge in [-0.05, 0) is 68.6 Å². The summed E-state index contributed by atoms with van der Waals surface area (Å²) in [5.41, 5.74) is 1.06. The summed E-state index contributed by atoms with van der Waals surface area (Å²) >= 11 is 7.59. The molecule has 1 amide bonds. The van der Waals surface area contributed by atoms with E-state index in [0.717, 1.165) is 15.3 Å². The first-order chi connectivity index (χ1) is 11.6. The zero-order valence-electron chi connectivity index (χ0n) is 13.7. The Hall–Kier alpha value is -1.36. The molecule has 2 unspecified atom stereocenters. The van der Waals surface area contributed by atoms with E-state index in [1.807, 2.05) is 36.4 Å². The summed E-state index contributed by atoms with van der Waals surface area (Å²) in [4.78, 5) is 17.0. The molecule has 5 rings (SSSR count). The quantitative estimate of drug-likeness (QED) is 0.885. The second kappa shape index (κ2) is 6.51. The molecule has 1 N–H and O–H groups in total. The Morgan fingerprint density at radius 3 is 2.75 bits per heavy atom. The van der Waals surface area contributed by atoms with Crippen molar-refractivity contribution in [3.63, 3.8) is 0 Å². The minimum absolute atomic E-state index is 0.0545. The van der Waals surface area contributed by atoms with Gasteiger partial charge in [0.15, 0.2) is 0 Å². The third kappa shape index (κ3) is 2.99. The van der Waals surface area contributed by atoms with Crippen LogP contribution in [-0.2, 0) is 0 Å². The van der Waals surface area contributed by atoms with Crippen LogP contribution in [0.25, 0.3) is 10.4 Å². The molecule has 1 aromatic heterocycles. The van der Waals surface area contributed by atoms with Crippen molar-refractivity contribution >= 4 is 28.8 Å². The number of nitrogens with zero attached hydrogens (tertiary/aromatic N) is 1. The van der Waals surface area contributed by atoms with Crippen LogP contribution in [0, 0.1) is 5.92 Å². The predicted octanol–water partition coefficient (Wildman–Crippen LogP) is 4.28. The molecule has 2 bridgehead atoms. The van der Waals surface area contributed by atoms with Gasteiger partial charge < -0.3 is 5.32 Å². The summed E-state index contributed by atoms with van der Waals surface area (Å²) in [6.07, 6.45) is 2.40. The van der Waals surface area contributed by atoms with Crippen molar-refractivity contribution in [2.75, 3.05) is 13.1 Å². The Balaban J connectivity index is 1.49. The lowest BCUT2D eigenvalue weighted by atomic mass is 9.79. The Bertz CT molecular complexity index is 749. The molecule has 3 nitrogen and oxygen atoms in total. The minimum atomic E-state index is 0.0545. The van der Waals surface area contributed by atoms with Gasteiger partial charge in [-0.25, -0.2) is 0 Å². The van der Waals surface area contributed by atoms with Gasteiger partial charge in [0.05, 0.1) is 4.88 Å². The summed E-state index contributed by atoms with van der Waals surface area (Å²) in [6, 6.07) is 12.4. The molecule has 4 heterocycles. The Labute approximate surface area is 151 Å². The Morgan fingerprint density at radius 1 is 1.25 bits per heavy atom. The minimum Gasteiger partial charge on any atom is -0.347 e. The molecule has 24 heavy (non-hydrogen) atoms. The van der Waals surface area contributed by atoms with Gasteiger partial charge in [-0.15, -0.1) is 11.3 Å². The molecule has 2 aromatic rings. The van der Waals surface area contributed by atoms with Crippen molar-refractivity contribution in [2.24, 2.45) is 5.92 Å². The largest absolute Gasteiger partial charge is 0.347 e. The van der Waals surface area contributed by atoms with Gasteiger partial charge in [-0.1, -0.05) is 23.7 Å². The zero-order valence-corrected chi connectivity index (χ0v) is 15.2. The number of benzene rings is 1. The van der Waals surface area contributed by atoms with Crippen LogP contribution in [0.2, 0.25) is 5.02 Å². The lowest BCUT2D eigenvalue weighted by Gasteiger charge is -2.49. The van der Waals surface area contributed by atoms with Gasteiger partial charge in [-0.3, -0.25) is 9.69 Å².